The molecule has 0 bridgehead atoms. The van der Waals surface area contributed by atoms with Crippen molar-refractivity contribution in [1.29, 1.82) is 0 Å². The summed E-state index contributed by atoms with van der Waals surface area (Å²) in [6.07, 6.45) is 3.43. The molecule has 6 heteroatoms. The Morgan fingerprint density at radius 3 is 1.89 bits per heavy atom. The minimum atomic E-state index is -1.73. The molecule has 0 unspecified atom stereocenters. The van der Waals surface area contributed by atoms with Crippen LogP contribution in [0.2, 0.25) is 0 Å². The fourth-order valence-corrected chi connectivity index (χ4v) is 2.87. The van der Waals surface area contributed by atoms with Crippen molar-refractivity contribution in [3.05, 3.63) is 77.0 Å². The second-order valence-electron chi connectivity index (χ2n) is 10.4. The number of Topliss-reactive ketones (excluding diaryl/α,β-unsaturated/α-hetero) is 1. The molecule has 0 saturated heterocycles. The monoisotopic (exact) mass is 480 g/mol. The second kappa shape index (κ2) is 11.8. The fraction of sp³-hybridized carbons (Fsp3) is 0.414. The molecule has 0 radical (unpaired) electrons. The maximum atomic E-state index is 13.4. The summed E-state index contributed by atoms with van der Waals surface area (Å²) < 4.78 is 16.6. The van der Waals surface area contributed by atoms with Crippen molar-refractivity contribution in [3.63, 3.8) is 0 Å². The van der Waals surface area contributed by atoms with Crippen molar-refractivity contribution in [2.24, 2.45) is 10.8 Å². The molecule has 0 atom stereocenters. The van der Waals surface area contributed by atoms with E-state index in [0.29, 0.717) is 5.56 Å². The molecule has 0 aliphatic carbocycles. The lowest BCUT2D eigenvalue weighted by Gasteiger charge is -2.26. The molecule has 2 rings (SSSR count). The lowest BCUT2D eigenvalue weighted by atomic mass is 9.97. The number of carbonyl (C=O) groups is 3. The van der Waals surface area contributed by atoms with Gasteiger partial charge in [0.2, 0.25) is 5.78 Å². The van der Waals surface area contributed by atoms with Crippen LogP contribution in [0.4, 0.5) is 0 Å². The van der Waals surface area contributed by atoms with Crippen LogP contribution in [0.5, 0.6) is 0 Å². The van der Waals surface area contributed by atoms with Gasteiger partial charge in [0.05, 0.1) is 10.8 Å². The van der Waals surface area contributed by atoms with Crippen molar-refractivity contribution < 1.29 is 28.6 Å². The van der Waals surface area contributed by atoms with Gasteiger partial charge in [-0.2, -0.15) is 0 Å². The van der Waals surface area contributed by atoms with Gasteiger partial charge in [-0.15, -0.1) is 0 Å². The van der Waals surface area contributed by atoms with Crippen molar-refractivity contribution >= 4 is 23.8 Å². The van der Waals surface area contributed by atoms with E-state index >= 15 is 0 Å². The molecule has 0 amide bonds. The number of ketones is 1. The van der Waals surface area contributed by atoms with Gasteiger partial charge in [-0.25, -0.2) is 0 Å². The average Bonchev–Trinajstić information content (AvgIpc) is 2.78. The van der Waals surface area contributed by atoms with E-state index in [4.69, 9.17) is 14.2 Å². The highest BCUT2D eigenvalue weighted by Gasteiger charge is 2.34. The first-order chi connectivity index (χ1) is 16.3. The lowest BCUT2D eigenvalue weighted by molar-refractivity contribution is -0.259. The third-order valence-electron chi connectivity index (χ3n) is 4.90. The zero-order valence-corrected chi connectivity index (χ0v) is 21.7. The number of carbonyl (C=O) groups excluding carboxylic acids is 3. The maximum Gasteiger partial charge on any atom is 0.410 e. The SMILES string of the molecule is CCCc1cccc(C=C(OC(OC(=O)C(C)(C)C)OC(=O)C(C)(C)C)C(=O)c2ccccc2)c1. The van der Waals surface area contributed by atoms with E-state index in [1.54, 1.807) is 78.0 Å². The fourth-order valence-electron chi connectivity index (χ4n) is 2.87. The Hall–Kier alpha value is -3.41. The van der Waals surface area contributed by atoms with Crippen LogP contribution in [0, 0.1) is 10.8 Å². The number of hydrogen-bond donors (Lipinski definition) is 0. The second-order valence-corrected chi connectivity index (χ2v) is 10.4. The summed E-state index contributed by atoms with van der Waals surface area (Å²) in [5.41, 5.74) is 0.474. The first-order valence-electron chi connectivity index (χ1n) is 11.8. The molecule has 188 valence electrons. The molecule has 0 N–H and O–H groups in total. The van der Waals surface area contributed by atoms with E-state index in [0.717, 1.165) is 24.0 Å². The van der Waals surface area contributed by atoms with Crippen molar-refractivity contribution in [3.8, 4) is 0 Å². The van der Waals surface area contributed by atoms with Gasteiger partial charge in [-0.05, 0) is 65.2 Å². The van der Waals surface area contributed by atoms with Gasteiger partial charge in [0.1, 0.15) is 0 Å². The van der Waals surface area contributed by atoms with Gasteiger partial charge in [-0.1, -0.05) is 67.9 Å². The van der Waals surface area contributed by atoms with Crippen LogP contribution in [0.15, 0.2) is 60.4 Å². The highest BCUT2D eigenvalue weighted by molar-refractivity contribution is 6.09. The normalized spacial score (nSPS) is 12.3. The van der Waals surface area contributed by atoms with Crippen molar-refractivity contribution in [2.75, 3.05) is 0 Å². The molecule has 2 aromatic rings. The molecular weight excluding hydrogens is 444 g/mol. The molecule has 0 spiro atoms. The molecular formula is C29H36O6. The van der Waals surface area contributed by atoms with Gasteiger partial charge in [0.25, 0.3) is 0 Å². The summed E-state index contributed by atoms with van der Waals surface area (Å²) in [6.45, 7) is 10.4. The van der Waals surface area contributed by atoms with E-state index in [9.17, 15) is 14.4 Å². The maximum absolute atomic E-state index is 13.4. The Morgan fingerprint density at radius 1 is 0.800 bits per heavy atom. The molecule has 0 aliphatic heterocycles. The Kier molecular flexibility index (Phi) is 9.40. The van der Waals surface area contributed by atoms with Crippen LogP contribution in [0.1, 0.15) is 76.4 Å². The average molecular weight is 481 g/mol. The van der Waals surface area contributed by atoms with Gasteiger partial charge >= 0.3 is 18.4 Å². The third kappa shape index (κ3) is 8.71. The molecule has 0 aliphatic rings. The minimum Gasteiger partial charge on any atom is -0.419 e. The van der Waals surface area contributed by atoms with Crippen LogP contribution in [-0.4, -0.2) is 24.2 Å². The van der Waals surface area contributed by atoms with E-state index in [1.807, 2.05) is 24.3 Å². The summed E-state index contributed by atoms with van der Waals surface area (Å²) in [5.74, 6) is -1.82. The predicted octanol–water partition coefficient (Wildman–Crippen LogP) is 6.34. The quantitative estimate of drug-likeness (QED) is 0.137. The first-order valence-corrected chi connectivity index (χ1v) is 11.8. The Balaban J connectivity index is 2.49. The van der Waals surface area contributed by atoms with Crippen LogP contribution >= 0.6 is 0 Å². The Morgan fingerprint density at radius 2 is 1.37 bits per heavy atom. The van der Waals surface area contributed by atoms with Gasteiger partial charge in [0.15, 0.2) is 5.76 Å². The van der Waals surface area contributed by atoms with Gasteiger partial charge < -0.3 is 14.2 Å². The summed E-state index contributed by atoms with van der Waals surface area (Å²) in [7, 11) is 0. The smallest absolute Gasteiger partial charge is 0.410 e. The van der Waals surface area contributed by atoms with Gasteiger partial charge in [0, 0.05) is 5.56 Å². The van der Waals surface area contributed by atoms with Crippen molar-refractivity contribution in [1.82, 2.24) is 0 Å². The van der Waals surface area contributed by atoms with Crippen molar-refractivity contribution in [2.45, 2.75) is 67.8 Å². The van der Waals surface area contributed by atoms with E-state index < -0.39 is 35.0 Å². The third-order valence-corrected chi connectivity index (χ3v) is 4.90. The number of esters is 2. The first kappa shape index (κ1) is 27.8. The number of allylic oxidation sites excluding steroid dienone is 1. The number of hydrogen-bond acceptors (Lipinski definition) is 6. The molecule has 0 heterocycles. The number of ether oxygens (including phenoxy) is 3. The predicted molar refractivity (Wildman–Crippen MR) is 135 cm³/mol. The van der Waals surface area contributed by atoms with Crippen LogP contribution in [-0.2, 0) is 30.2 Å². The highest BCUT2D eigenvalue weighted by Crippen LogP contribution is 2.24. The van der Waals surface area contributed by atoms with Crippen LogP contribution in [0.25, 0.3) is 6.08 Å². The largest absolute Gasteiger partial charge is 0.419 e. The lowest BCUT2D eigenvalue weighted by Crippen LogP contribution is -2.36. The zero-order chi connectivity index (χ0) is 26.2. The summed E-state index contributed by atoms with van der Waals surface area (Å²) in [4.78, 5) is 38.6. The number of benzene rings is 2. The topological polar surface area (TPSA) is 78.9 Å². The van der Waals surface area contributed by atoms with Gasteiger partial charge in [-0.3, -0.25) is 14.4 Å². The molecule has 6 nitrogen and oxygen atoms in total. The summed E-state index contributed by atoms with van der Waals surface area (Å²) >= 11 is 0. The summed E-state index contributed by atoms with van der Waals surface area (Å²) in [5, 5.41) is 0. The van der Waals surface area contributed by atoms with Crippen LogP contribution < -0.4 is 0 Å². The van der Waals surface area contributed by atoms with E-state index in [2.05, 4.69) is 6.92 Å². The van der Waals surface area contributed by atoms with E-state index in [1.165, 1.54) is 0 Å². The molecule has 35 heavy (non-hydrogen) atoms. The van der Waals surface area contributed by atoms with Crippen LogP contribution in [0.3, 0.4) is 0 Å². The number of rotatable bonds is 9. The molecule has 0 fully saturated rings. The Labute approximate surface area is 208 Å². The molecule has 0 saturated carbocycles. The van der Waals surface area contributed by atoms with E-state index in [-0.39, 0.29) is 5.76 Å². The Bertz CT molecular complexity index is 1030. The summed E-state index contributed by atoms with van der Waals surface area (Å²) in [6, 6.07) is 16.3. The molecule has 2 aromatic carbocycles. The number of aryl methyl sites for hydroxylation is 1. The zero-order valence-electron chi connectivity index (χ0n) is 21.7. The highest BCUT2D eigenvalue weighted by atomic mass is 16.9. The standard InChI is InChI=1S/C29H36O6/c1-8-13-20-14-12-15-21(18-20)19-23(24(30)22-16-10-9-11-17-22)33-27(34-25(31)28(2,3)4)35-26(32)29(5,6)7/h9-12,14-19,27H,8,13H2,1-7H3. The molecule has 0 aromatic heterocycles. The minimum absolute atomic E-state index is 0.113.